The van der Waals surface area contributed by atoms with E-state index in [9.17, 15) is 13.5 Å². The largest absolute Gasteiger partial charge is 0.390 e. The fraction of sp³-hybridized carbons (Fsp3) is 0.118. The van der Waals surface area contributed by atoms with E-state index in [2.05, 4.69) is 4.98 Å². The SMILES string of the molecule is CS(=O)(=O)c1ccc(-c2nc(CO)cn2-c2ccc(Cl)cc2)cc1. The minimum Gasteiger partial charge on any atom is -0.390 e. The normalized spacial score (nSPS) is 11.6. The van der Waals surface area contributed by atoms with Crippen molar-refractivity contribution in [2.45, 2.75) is 11.5 Å². The third kappa shape index (κ3) is 3.36. The Morgan fingerprint density at radius 1 is 1.08 bits per heavy atom. The van der Waals surface area contributed by atoms with Crippen molar-refractivity contribution in [3.05, 3.63) is 65.4 Å². The number of hydrogen-bond acceptors (Lipinski definition) is 4. The van der Waals surface area contributed by atoms with Crippen LogP contribution in [0.3, 0.4) is 0 Å². The van der Waals surface area contributed by atoms with E-state index in [1.807, 2.05) is 16.7 Å². The molecule has 3 aromatic rings. The van der Waals surface area contributed by atoms with E-state index in [4.69, 9.17) is 11.6 Å². The van der Waals surface area contributed by atoms with Gasteiger partial charge in [-0.1, -0.05) is 11.6 Å². The average Bonchev–Trinajstić information content (AvgIpc) is 2.99. The number of aromatic nitrogens is 2. The zero-order valence-electron chi connectivity index (χ0n) is 12.8. The summed E-state index contributed by atoms with van der Waals surface area (Å²) in [6.45, 7) is -0.186. The molecule has 0 radical (unpaired) electrons. The molecule has 1 N–H and O–H groups in total. The van der Waals surface area contributed by atoms with Crippen molar-refractivity contribution in [2.24, 2.45) is 0 Å². The lowest BCUT2D eigenvalue weighted by molar-refractivity contribution is 0.277. The van der Waals surface area contributed by atoms with Gasteiger partial charge >= 0.3 is 0 Å². The predicted octanol–water partition coefficient (Wildman–Crippen LogP) is 3.09. The molecule has 0 aliphatic rings. The maximum atomic E-state index is 11.6. The van der Waals surface area contributed by atoms with Gasteiger partial charge in [-0.3, -0.25) is 4.57 Å². The lowest BCUT2D eigenvalue weighted by Gasteiger charge is -2.08. The fourth-order valence-electron chi connectivity index (χ4n) is 2.36. The molecule has 0 saturated carbocycles. The second-order valence-corrected chi connectivity index (χ2v) is 7.81. The first kappa shape index (κ1) is 16.7. The highest BCUT2D eigenvalue weighted by molar-refractivity contribution is 7.90. The van der Waals surface area contributed by atoms with Crippen LogP contribution in [0, 0.1) is 0 Å². The highest BCUT2D eigenvalue weighted by atomic mass is 35.5. The highest BCUT2D eigenvalue weighted by Crippen LogP contribution is 2.25. The number of aliphatic hydroxyl groups excluding tert-OH is 1. The van der Waals surface area contributed by atoms with E-state index in [1.54, 1.807) is 42.6 Å². The maximum absolute atomic E-state index is 11.6. The van der Waals surface area contributed by atoms with Gasteiger partial charge in [0.05, 0.1) is 17.2 Å². The third-order valence-electron chi connectivity index (χ3n) is 3.56. The predicted molar refractivity (Wildman–Crippen MR) is 93.0 cm³/mol. The zero-order chi connectivity index (χ0) is 17.3. The first-order chi connectivity index (χ1) is 11.4. The zero-order valence-corrected chi connectivity index (χ0v) is 14.4. The Kier molecular flexibility index (Phi) is 4.45. The summed E-state index contributed by atoms with van der Waals surface area (Å²) in [4.78, 5) is 4.67. The Morgan fingerprint density at radius 2 is 1.71 bits per heavy atom. The van der Waals surface area contributed by atoms with Crippen LogP contribution < -0.4 is 0 Å². The smallest absolute Gasteiger partial charge is 0.175 e. The van der Waals surface area contributed by atoms with E-state index in [-0.39, 0.29) is 11.5 Å². The van der Waals surface area contributed by atoms with Gasteiger partial charge in [0.15, 0.2) is 9.84 Å². The second-order valence-electron chi connectivity index (χ2n) is 5.36. The molecule has 0 amide bonds. The van der Waals surface area contributed by atoms with E-state index >= 15 is 0 Å². The molecule has 0 saturated heterocycles. The van der Waals surface area contributed by atoms with Crippen molar-refractivity contribution in [3.63, 3.8) is 0 Å². The molecule has 2 aromatic carbocycles. The van der Waals surface area contributed by atoms with Crippen molar-refractivity contribution >= 4 is 21.4 Å². The number of benzene rings is 2. The third-order valence-corrected chi connectivity index (χ3v) is 4.94. The molecule has 0 bridgehead atoms. The van der Waals surface area contributed by atoms with Gasteiger partial charge in [-0.25, -0.2) is 13.4 Å². The number of rotatable bonds is 4. The van der Waals surface area contributed by atoms with E-state index in [0.717, 1.165) is 11.3 Å². The molecule has 24 heavy (non-hydrogen) atoms. The summed E-state index contributed by atoms with van der Waals surface area (Å²) < 4.78 is 25.0. The number of halogens is 1. The van der Waals surface area contributed by atoms with Crippen molar-refractivity contribution in [1.82, 2.24) is 9.55 Å². The summed E-state index contributed by atoms with van der Waals surface area (Å²) in [5.74, 6) is 0.612. The average molecular weight is 363 g/mol. The van der Waals surface area contributed by atoms with Crippen molar-refractivity contribution in [3.8, 4) is 17.1 Å². The van der Waals surface area contributed by atoms with Crippen LogP contribution in [0.5, 0.6) is 0 Å². The fourth-order valence-corrected chi connectivity index (χ4v) is 3.11. The molecular weight excluding hydrogens is 348 g/mol. The van der Waals surface area contributed by atoms with Gasteiger partial charge in [0.2, 0.25) is 0 Å². The molecule has 0 spiro atoms. The topological polar surface area (TPSA) is 72.2 Å². The van der Waals surface area contributed by atoms with Gasteiger partial charge in [-0.05, 0) is 48.5 Å². The Morgan fingerprint density at radius 3 is 2.25 bits per heavy atom. The van der Waals surface area contributed by atoms with E-state index in [0.29, 0.717) is 16.5 Å². The summed E-state index contributed by atoms with van der Waals surface area (Å²) in [5.41, 5.74) is 2.11. The number of imidazole rings is 1. The van der Waals surface area contributed by atoms with Crippen LogP contribution in [0.4, 0.5) is 0 Å². The quantitative estimate of drug-likeness (QED) is 0.774. The van der Waals surface area contributed by atoms with Crippen LogP contribution in [-0.4, -0.2) is 29.3 Å². The number of aliphatic hydroxyl groups is 1. The Bertz CT molecular complexity index is 962. The summed E-state index contributed by atoms with van der Waals surface area (Å²) in [6, 6.07) is 13.7. The molecule has 5 nitrogen and oxygen atoms in total. The molecule has 0 aliphatic heterocycles. The lowest BCUT2D eigenvalue weighted by atomic mass is 10.2. The van der Waals surface area contributed by atoms with Gasteiger partial charge in [-0.15, -0.1) is 0 Å². The Labute approximate surface area is 145 Å². The standard InChI is InChI=1S/C17H15ClN2O3S/c1-24(22,23)16-8-2-12(3-9-16)17-19-14(11-21)10-20(17)15-6-4-13(18)5-7-15/h2-10,21H,11H2,1H3. The molecule has 124 valence electrons. The monoisotopic (exact) mass is 362 g/mol. The van der Waals surface area contributed by atoms with Crippen LogP contribution in [-0.2, 0) is 16.4 Å². The van der Waals surface area contributed by atoms with Crippen LogP contribution in [0.25, 0.3) is 17.1 Å². The molecule has 1 aromatic heterocycles. The van der Waals surface area contributed by atoms with Gasteiger partial charge < -0.3 is 5.11 Å². The van der Waals surface area contributed by atoms with Crippen LogP contribution >= 0.6 is 11.6 Å². The summed E-state index contributed by atoms with van der Waals surface area (Å²) in [5, 5.41) is 10.0. The number of sulfone groups is 1. The maximum Gasteiger partial charge on any atom is 0.175 e. The minimum absolute atomic E-state index is 0.186. The molecular formula is C17H15ClN2O3S. The first-order valence-corrected chi connectivity index (χ1v) is 9.41. The summed E-state index contributed by atoms with van der Waals surface area (Å²) >= 11 is 5.93. The number of nitrogens with zero attached hydrogens (tertiary/aromatic N) is 2. The van der Waals surface area contributed by atoms with Crippen molar-refractivity contribution < 1.29 is 13.5 Å². The van der Waals surface area contributed by atoms with Crippen LogP contribution in [0.15, 0.2) is 59.6 Å². The number of hydrogen-bond donors (Lipinski definition) is 1. The van der Waals surface area contributed by atoms with E-state index in [1.165, 1.54) is 6.26 Å². The highest BCUT2D eigenvalue weighted by Gasteiger charge is 2.13. The van der Waals surface area contributed by atoms with Crippen LogP contribution in [0.2, 0.25) is 5.02 Å². The van der Waals surface area contributed by atoms with Gasteiger partial charge in [0.25, 0.3) is 0 Å². The minimum atomic E-state index is -3.25. The van der Waals surface area contributed by atoms with Gasteiger partial charge in [0.1, 0.15) is 5.82 Å². The molecule has 0 fully saturated rings. The van der Waals surface area contributed by atoms with Crippen molar-refractivity contribution in [2.75, 3.05) is 6.26 Å². The second kappa shape index (κ2) is 6.39. The summed E-state index contributed by atoms with van der Waals surface area (Å²) in [6.07, 6.45) is 2.91. The van der Waals surface area contributed by atoms with Crippen LogP contribution in [0.1, 0.15) is 5.69 Å². The van der Waals surface area contributed by atoms with Gasteiger partial charge in [-0.2, -0.15) is 0 Å². The molecule has 1 heterocycles. The first-order valence-electron chi connectivity index (χ1n) is 7.14. The Balaban J connectivity index is 2.10. The molecule has 0 unspecified atom stereocenters. The van der Waals surface area contributed by atoms with Crippen molar-refractivity contribution in [1.29, 1.82) is 0 Å². The molecule has 0 aliphatic carbocycles. The summed E-state index contributed by atoms with van der Waals surface area (Å²) in [7, 11) is -3.25. The van der Waals surface area contributed by atoms with E-state index < -0.39 is 9.84 Å². The van der Waals surface area contributed by atoms with Gasteiger partial charge in [0, 0.05) is 28.7 Å². The molecule has 7 heteroatoms. The Hall–Kier alpha value is -2.15. The molecule has 3 rings (SSSR count). The lowest BCUT2D eigenvalue weighted by Crippen LogP contribution is -1.98. The molecule has 0 atom stereocenters.